The first-order chi connectivity index (χ1) is 11.7. The maximum atomic E-state index is 13.2. The molecule has 0 aliphatic rings. The minimum absolute atomic E-state index is 0.181. The van der Waals surface area contributed by atoms with Crippen LogP contribution in [0.5, 0.6) is 0 Å². The highest BCUT2D eigenvalue weighted by molar-refractivity contribution is 5.61. The summed E-state index contributed by atoms with van der Waals surface area (Å²) in [6.45, 7) is 2.06. The molecule has 0 unspecified atom stereocenters. The standard InChI is InChI=1S/C17H15F2N5/c1-2-11-5-3-4-6-15(11)22-16-10-20-24-17(23-16)21-12-7-8-13(18)14(19)9-12/h3-10H,2H2,1H3,(H2,21,22,23,24). The summed E-state index contributed by atoms with van der Waals surface area (Å²) in [6, 6.07) is 11.3. The van der Waals surface area contributed by atoms with Crippen LogP contribution in [0.3, 0.4) is 0 Å². The van der Waals surface area contributed by atoms with Gasteiger partial charge in [0.1, 0.15) is 0 Å². The lowest BCUT2D eigenvalue weighted by atomic mass is 10.1. The van der Waals surface area contributed by atoms with E-state index in [1.807, 2.05) is 24.3 Å². The average Bonchev–Trinajstić information content (AvgIpc) is 2.59. The van der Waals surface area contributed by atoms with Crippen molar-refractivity contribution in [1.29, 1.82) is 0 Å². The third kappa shape index (κ3) is 3.62. The second-order valence-electron chi connectivity index (χ2n) is 5.05. The molecule has 122 valence electrons. The zero-order chi connectivity index (χ0) is 16.9. The van der Waals surface area contributed by atoms with Crippen LogP contribution in [0.25, 0.3) is 0 Å². The van der Waals surface area contributed by atoms with Gasteiger partial charge in [0.2, 0.25) is 5.95 Å². The monoisotopic (exact) mass is 327 g/mol. The van der Waals surface area contributed by atoms with Crippen molar-refractivity contribution >= 4 is 23.1 Å². The van der Waals surface area contributed by atoms with Crippen molar-refractivity contribution in [1.82, 2.24) is 15.2 Å². The van der Waals surface area contributed by atoms with Crippen LogP contribution in [0.1, 0.15) is 12.5 Å². The predicted molar refractivity (Wildman–Crippen MR) is 88.6 cm³/mol. The zero-order valence-electron chi connectivity index (χ0n) is 12.9. The molecule has 0 fully saturated rings. The molecule has 0 saturated carbocycles. The lowest BCUT2D eigenvalue weighted by Gasteiger charge is -2.10. The Morgan fingerprint density at radius 1 is 1.00 bits per heavy atom. The van der Waals surface area contributed by atoms with Gasteiger partial charge in [-0.05, 0) is 30.2 Å². The molecule has 2 N–H and O–H groups in total. The highest BCUT2D eigenvalue weighted by Gasteiger charge is 2.06. The van der Waals surface area contributed by atoms with Crippen LogP contribution in [0.15, 0.2) is 48.7 Å². The highest BCUT2D eigenvalue weighted by Crippen LogP contribution is 2.21. The Hall–Kier alpha value is -3.09. The number of anilines is 4. The topological polar surface area (TPSA) is 62.7 Å². The largest absolute Gasteiger partial charge is 0.339 e. The number of nitrogens with zero attached hydrogens (tertiary/aromatic N) is 3. The van der Waals surface area contributed by atoms with Crippen LogP contribution in [0.4, 0.5) is 31.9 Å². The van der Waals surface area contributed by atoms with E-state index in [-0.39, 0.29) is 5.95 Å². The van der Waals surface area contributed by atoms with Crippen molar-refractivity contribution in [2.24, 2.45) is 0 Å². The first kappa shape index (κ1) is 15.8. The van der Waals surface area contributed by atoms with Crippen LogP contribution in [-0.4, -0.2) is 15.2 Å². The number of hydrogen-bond acceptors (Lipinski definition) is 5. The molecule has 0 bridgehead atoms. The van der Waals surface area contributed by atoms with Gasteiger partial charge in [-0.3, -0.25) is 0 Å². The van der Waals surface area contributed by atoms with Gasteiger partial charge in [-0.2, -0.15) is 10.1 Å². The number of rotatable bonds is 5. The third-order valence-corrected chi connectivity index (χ3v) is 3.40. The molecule has 0 aliphatic heterocycles. The van der Waals surface area contributed by atoms with Gasteiger partial charge in [0, 0.05) is 17.4 Å². The fourth-order valence-corrected chi connectivity index (χ4v) is 2.21. The average molecular weight is 327 g/mol. The highest BCUT2D eigenvalue weighted by atomic mass is 19.2. The van der Waals surface area contributed by atoms with Gasteiger partial charge in [0.05, 0.1) is 6.20 Å². The Balaban J connectivity index is 1.80. The predicted octanol–water partition coefficient (Wildman–Crippen LogP) is 4.20. The van der Waals surface area contributed by atoms with Crippen molar-refractivity contribution < 1.29 is 8.78 Å². The molecule has 3 rings (SSSR count). The molecule has 0 saturated heterocycles. The zero-order valence-corrected chi connectivity index (χ0v) is 12.9. The molecule has 0 amide bonds. The molecule has 5 nitrogen and oxygen atoms in total. The maximum Gasteiger partial charge on any atom is 0.249 e. The molecule has 1 aromatic heterocycles. The van der Waals surface area contributed by atoms with Crippen LogP contribution < -0.4 is 10.6 Å². The molecule has 0 spiro atoms. The van der Waals surface area contributed by atoms with Crippen LogP contribution in [0, 0.1) is 11.6 Å². The SMILES string of the molecule is CCc1ccccc1Nc1cnnc(Nc2ccc(F)c(F)c2)n1. The quantitative estimate of drug-likeness (QED) is 0.735. The van der Waals surface area contributed by atoms with E-state index >= 15 is 0 Å². The molecular formula is C17H15F2N5. The molecule has 7 heteroatoms. The van der Waals surface area contributed by atoms with Gasteiger partial charge in [-0.25, -0.2) is 8.78 Å². The first-order valence-electron chi connectivity index (χ1n) is 7.42. The van der Waals surface area contributed by atoms with E-state index in [4.69, 9.17) is 0 Å². The van der Waals surface area contributed by atoms with Gasteiger partial charge < -0.3 is 10.6 Å². The van der Waals surface area contributed by atoms with E-state index in [2.05, 4.69) is 32.7 Å². The van der Waals surface area contributed by atoms with Crippen LogP contribution >= 0.6 is 0 Å². The van der Waals surface area contributed by atoms with E-state index in [1.165, 1.54) is 12.3 Å². The van der Waals surface area contributed by atoms with E-state index in [0.29, 0.717) is 11.5 Å². The smallest absolute Gasteiger partial charge is 0.249 e. The Labute approximate surface area is 137 Å². The van der Waals surface area contributed by atoms with Gasteiger partial charge in [0.15, 0.2) is 17.5 Å². The molecule has 1 heterocycles. The Bertz CT molecular complexity index is 854. The molecular weight excluding hydrogens is 312 g/mol. The van der Waals surface area contributed by atoms with Crippen molar-refractivity contribution in [2.75, 3.05) is 10.6 Å². The van der Waals surface area contributed by atoms with Crippen molar-refractivity contribution in [3.63, 3.8) is 0 Å². The lowest BCUT2D eigenvalue weighted by Crippen LogP contribution is -2.03. The normalized spacial score (nSPS) is 10.5. The van der Waals surface area contributed by atoms with Gasteiger partial charge >= 0.3 is 0 Å². The van der Waals surface area contributed by atoms with Crippen LogP contribution in [0.2, 0.25) is 0 Å². The maximum absolute atomic E-state index is 13.2. The van der Waals surface area contributed by atoms with E-state index in [0.717, 1.165) is 29.8 Å². The fraction of sp³-hybridized carbons (Fsp3) is 0.118. The van der Waals surface area contributed by atoms with Crippen molar-refractivity contribution in [2.45, 2.75) is 13.3 Å². The number of hydrogen-bond donors (Lipinski definition) is 2. The second kappa shape index (κ2) is 6.99. The van der Waals surface area contributed by atoms with E-state index in [1.54, 1.807) is 0 Å². The number of aryl methyl sites for hydroxylation is 1. The minimum Gasteiger partial charge on any atom is -0.339 e. The fourth-order valence-electron chi connectivity index (χ4n) is 2.21. The summed E-state index contributed by atoms with van der Waals surface area (Å²) in [7, 11) is 0. The summed E-state index contributed by atoms with van der Waals surface area (Å²) in [5.74, 6) is -1.18. The third-order valence-electron chi connectivity index (χ3n) is 3.40. The molecule has 24 heavy (non-hydrogen) atoms. The summed E-state index contributed by atoms with van der Waals surface area (Å²) in [6.07, 6.45) is 2.37. The molecule has 0 radical (unpaired) electrons. The Kier molecular flexibility index (Phi) is 4.60. The number of aromatic nitrogens is 3. The molecule has 0 aliphatic carbocycles. The van der Waals surface area contributed by atoms with Crippen molar-refractivity contribution in [3.8, 4) is 0 Å². The van der Waals surface area contributed by atoms with Crippen LogP contribution in [-0.2, 0) is 6.42 Å². The van der Waals surface area contributed by atoms with E-state index < -0.39 is 11.6 Å². The Morgan fingerprint density at radius 2 is 1.83 bits per heavy atom. The molecule has 0 atom stereocenters. The number of para-hydroxylation sites is 1. The molecule has 2 aromatic carbocycles. The summed E-state index contributed by atoms with van der Waals surface area (Å²) in [5.41, 5.74) is 2.41. The molecule has 3 aromatic rings. The summed E-state index contributed by atoms with van der Waals surface area (Å²) in [5, 5.41) is 13.7. The number of benzene rings is 2. The van der Waals surface area contributed by atoms with Crippen molar-refractivity contribution in [3.05, 3.63) is 65.9 Å². The minimum atomic E-state index is -0.945. The summed E-state index contributed by atoms with van der Waals surface area (Å²) < 4.78 is 26.2. The Morgan fingerprint density at radius 3 is 2.62 bits per heavy atom. The number of halogens is 2. The van der Waals surface area contributed by atoms with Gasteiger partial charge in [0.25, 0.3) is 0 Å². The van der Waals surface area contributed by atoms with E-state index in [9.17, 15) is 8.78 Å². The number of nitrogens with one attached hydrogen (secondary N) is 2. The lowest BCUT2D eigenvalue weighted by molar-refractivity contribution is 0.509. The summed E-state index contributed by atoms with van der Waals surface area (Å²) >= 11 is 0. The first-order valence-corrected chi connectivity index (χ1v) is 7.42. The second-order valence-corrected chi connectivity index (χ2v) is 5.05. The summed E-state index contributed by atoms with van der Waals surface area (Å²) in [4.78, 5) is 4.28. The van der Waals surface area contributed by atoms with Gasteiger partial charge in [-0.1, -0.05) is 25.1 Å². The van der Waals surface area contributed by atoms with Gasteiger partial charge in [-0.15, -0.1) is 5.10 Å².